The average Bonchev–Trinajstić information content (AvgIpc) is 2.48. The average molecular weight is 302 g/mol. The van der Waals surface area contributed by atoms with Crippen molar-refractivity contribution < 1.29 is 30.0 Å². The summed E-state index contributed by atoms with van der Waals surface area (Å²) >= 11 is 0. The molecular weight excluding hydrogens is 288 g/mol. The maximum Gasteiger partial charge on any atom is 0.157 e. The van der Waals surface area contributed by atoms with Gasteiger partial charge in [0, 0.05) is 24.1 Å². The molecule has 0 fully saturated rings. The third-order valence-electron chi connectivity index (χ3n) is 3.75. The third-order valence-corrected chi connectivity index (χ3v) is 3.75. The number of phenols is 4. The van der Waals surface area contributed by atoms with Crippen LogP contribution in [0.25, 0.3) is 0 Å². The van der Waals surface area contributed by atoms with E-state index in [2.05, 4.69) is 0 Å². The van der Waals surface area contributed by atoms with Crippen molar-refractivity contribution in [2.75, 3.05) is 0 Å². The Labute approximate surface area is 125 Å². The summed E-state index contributed by atoms with van der Waals surface area (Å²) in [4.78, 5) is 11.3. The van der Waals surface area contributed by atoms with Gasteiger partial charge in [0.1, 0.15) is 29.6 Å². The second-order valence-corrected chi connectivity index (χ2v) is 5.21. The van der Waals surface area contributed by atoms with Gasteiger partial charge in [-0.2, -0.15) is 0 Å². The largest absolute Gasteiger partial charge is 0.508 e. The predicted octanol–water partition coefficient (Wildman–Crippen LogP) is 2.32. The van der Waals surface area contributed by atoms with Crippen molar-refractivity contribution in [1.29, 1.82) is 0 Å². The Morgan fingerprint density at radius 1 is 1.00 bits per heavy atom. The van der Waals surface area contributed by atoms with Crippen molar-refractivity contribution in [2.45, 2.75) is 18.4 Å². The summed E-state index contributed by atoms with van der Waals surface area (Å²) in [5.74, 6) is -1.27. The Morgan fingerprint density at radius 3 is 2.45 bits per heavy atom. The van der Waals surface area contributed by atoms with Gasteiger partial charge >= 0.3 is 0 Å². The molecule has 6 nitrogen and oxygen atoms in total. The molecule has 1 unspecified atom stereocenters. The van der Waals surface area contributed by atoms with Gasteiger partial charge < -0.3 is 30.0 Å². The minimum absolute atomic E-state index is 0.171. The Kier molecular flexibility index (Phi) is 3.29. The van der Waals surface area contributed by atoms with Gasteiger partial charge in [0.2, 0.25) is 0 Å². The minimum atomic E-state index is -0.592. The molecule has 2 atom stereocenters. The predicted molar refractivity (Wildman–Crippen MR) is 76.3 cm³/mol. The summed E-state index contributed by atoms with van der Waals surface area (Å²) < 4.78 is 5.73. The molecule has 1 aliphatic heterocycles. The molecule has 0 saturated carbocycles. The van der Waals surface area contributed by atoms with Crippen LogP contribution in [0, 0.1) is 0 Å². The highest BCUT2D eigenvalue weighted by Crippen LogP contribution is 2.47. The van der Waals surface area contributed by atoms with Crippen LogP contribution >= 0.6 is 0 Å². The van der Waals surface area contributed by atoms with Crippen LogP contribution in [0.2, 0.25) is 0 Å². The van der Waals surface area contributed by atoms with Crippen LogP contribution in [0.4, 0.5) is 0 Å². The smallest absolute Gasteiger partial charge is 0.157 e. The number of benzene rings is 2. The van der Waals surface area contributed by atoms with E-state index in [0.717, 1.165) is 6.07 Å². The first-order valence-electron chi connectivity index (χ1n) is 6.69. The highest BCUT2D eigenvalue weighted by molar-refractivity contribution is 5.69. The topological polar surface area (TPSA) is 107 Å². The SMILES string of the molecule is O=CC1C[C@@H](c2ccc(O)c(O)c2)Oc2cc(O)cc(O)c21. The van der Waals surface area contributed by atoms with E-state index >= 15 is 0 Å². The summed E-state index contributed by atoms with van der Waals surface area (Å²) in [7, 11) is 0. The number of aromatic hydroxyl groups is 4. The van der Waals surface area contributed by atoms with Crippen LogP contribution in [-0.2, 0) is 4.79 Å². The maximum absolute atomic E-state index is 11.3. The molecule has 2 aromatic rings. The quantitative estimate of drug-likeness (QED) is 0.501. The lowest BCUT2D eigenvalue weighted by Crippen LogP contribution is -2.20. The summed E-state index contributed by atoms with van der Waals surface area (Å²) in [6.07, 6.45) is 0.445. The van der Waals surface area contributed by atoms with Gasteiger partial charge in [-0.3, -0.25) is 0 Å². The molecule has 0 aliphatic carbocycles. The summed E-state index contributed by atoms with van der Waals surface area (Å²) in [5.41, 5.74) is 0.919. The number of fused-ring (bicyclic) bond motifs is 1. The highest BCUT2D eigenvalue weighted by Gasteiger charge is 2.32. The zero-order chi connectivity index (χ0) is 15.9. The lowest BCUT2D eigenvalue weighted by atomic mass is 9.87. The van der Waals surface area contributed by atoms with E-state index in [4.69, 9.17) is 4.74 Å². The molecule has 0 amide bonds. The molecule has 0 saturated heterocycles. The maximum atomic E-state index is 11.3. The van der Waals surface area contributed by atoms with Crippen molar-refractivity contribution in [3.63, 3.8) is 0 Å². The van der Waals surface area contributed by atoms with Crippen molar-refractivity contribution in [1.82, 2.24) is 0 Å². The molecule has 22 heavy (non-hydrogen) atoms. The standard InChI is InChI=1S/C16H14O6/c17-7-9-4-14(8-1-2-11(19)12(20)3-8)22-15-6-10(18)5-13(21)16(9)15/h1-3,5-7,9,14,18-21H,4H2/t9?,14-/m0/s1. The number of hydrogen-bond acceptors (Lipinski definition) is 6. The number of carbonyl (C=O) groups is 1. The van der Waals surface area contributed by atoms with Gasteiger partial charge in [-0.15, -0.1) is 0 Å². The molecule has 0 aromatic heterocycles. The van der Waals surface area contributed by atoms with Crippen LogP contribution in [0.3, 0.4) is 0 Å². The lowest BCUT2D eigenvalue weighted by molar-refractivity contribution is -0.110. The summed E-state index contributed by atoms with van der Waals surface area (Å²) in [6.45, 7) is 0. The molecule has 0 bridgehead atoms. The summed E-state index contributed by atoms with van der Waals surface area (Å²) in [6, 6.07) is 6.76. The van der Waals surface area contributed by atoms with E-state index in [1.54, 1.807) is 6.07 Å². The highest BCUT2D eigenvalue weighted by atomic mass is 16.5. The van der Waals surface area contributed by atoms with Crippen LogP contribution in [0.15, 0.2) is 30.3 Å². The van der Waals surface area contributed by atoms with Gasteiger partial charge in [0.15, 0.2) is 11.5 Å². The van der Waals surface area contributed by atoms with Gasteiger partial charge in [-0.1, -0.05) is 6.07 Å². The van der Waals surface area contributed by atoms with Gasteiger partial charge in [0.05, 0.1) is 5.92 Å². The van der Waals surface area contributed by atoms with Crippen LogP contribution < -0.4 is 4.74 Å². The van der Waals surface area contributed by atoms with E-state index in [1.165, 1.54) is 18.2 Å². The number of hydrogen-bond donors (Lipinski definition) is 4. The van der Waals surface area contributed by atoms with E-state index in [-0.39, 0.29) is 35.2 Å². The van der Waals surface area contributed by atoms with Crippen molar-refractivity contribution >= 4 is 6.29 Å². The Morgan fingerprint density at radius 2 is 1.77 bits per heavy atom. The van der Waals surface area contributed by atoms with Crippen LogP contribution in [-0.4, -0.2) is 26.7 Å². The Balaban J connectivity index is 2.03. The van der Waals surface area contributed by atoms with E-state index in [9.17, 15) is 25.2 Å². The van der Waals surface area contributed by atoms with Gasteiger partial charge in [0.25, 0.3) is 0 Å². The lowest BCUT2D eigenvalue weighted by Gasteiger charge is -2.30. The molecule has 0 radical (unpaired) electrons. The fourth-order valence-electron chi connectivity index (χ4n) is 2.69. The molecule has 3 rings (SSSR count). The van der Waals surface area contributed by atoms with Crippen molar-refractivity contribution in [3.8, 4) is 28.7 Å². The van der Waals surface area contributed by atoms with Crippen molar-refractivity contribution in [2.24, 2.45) is 0 Å². The molecular formula is C16H14O6. The number of phenolic OH excluding ortho intramolecular Hbond substituents is 4. The number of carbonyl (C=O) groups excluding carboxylic acids is 1. The number of ether oxygens (including phenoxy) is 1. The molecule has 0 spiro atoms. The fraction of sp³-hybridized carbons (Fsp3) is 0.188. The second kappa shape index (κ2) is 5.14. The zero-order valence-corrected chi connectivity index (χ0v) is 11.4. The van der Waals surface area contributed by atoms with E-state index in [1.807, 2.05) is 0 Å². The Bertz CT molecular complexity index is 740. The first-order valence-corrected chi connectivity index (χ1v) is 6.69. The molecule has 4 N–H and O–H groups in total. The molecule has 6 heteroatoms. The first kappa shape index (κ1) is 14.1. The molecule has 114 valence electrons. The minimum Gasteiger partial charge on any atom is -0.508 e. The van der Waals surface area contributed by atoms with Gasteiger partial charge in [-0.05, 0) is 17.7 Å². The first-order chi connectivity index (χ1) is 10.5. The third kappa shape index (κ3) is 2.28. The van der Waals surface area contributed by atoms with E-state index < -0.39 is 12.0 Å². The number of aldehydes is 1. The van der Waals surface area contributed by atoms with Crippen LogP contribution in [0.1, 0.15) is 29.6 Å². The molecule has 1 aliphatic rings. The monoisotopic (exact) mass is 302 g/mol. The van der Waals surface area contributed by atoms with Gasteiger partial charge in [-0.25, -0.2) is 0 Å². The molecule has 1 heterocycles. The van der Waals surface area contributed by atoms with Crippen LogP contribution in [0.5, 0.6) is 28.7 Å². The Hall–Kier alpha value is -2.89. The number of rotatable bonds is 2. The summed E-state index contributed by atoms with van der Waals surface area (Å²) in [5, 5.41) is 38.4. The fourth-order valence-corrected chi connectivity index (χ4v) is 2.69. The van der Waals surface area contributed by atoms with E-state index in [0.29, 0.717) is 17.4 Å². The van der Waals surface area contributed by atoms with Crippen molar-refractivity contribution in [3.05, 3.63) is 41.5 Å². The normalized spacial score (nSPS) is 20.0. The zero-order valence-electron chi connectivity index (χ0n) is 11.4. The molecule has 2 aromatic carbocycles. The second-order valence-electron chi connectivity index (χ2n) is 5.21.